The van der Waals surface area contributed by atoms with Crippen molar-refractivity contribution in [1.82, 2.24) is 14.8 Å². The highest BCUT2D eigenvalue weighted by atomic mass is 35.5. The third-order valence-corrected chi connectivity index (χ3v) is 6.84. The van der Waals surface area contributed by atoms with Gasteiger partial charge in [0.05, 0.1) is 22.5 Å². The van der Waals surface area contributed by atoms with Crippen LogP contribution in [0.25, 0.3) is 17.3 Å². The number of hydrogen-bond donors (Lipinski definition) is 1. The number of rotatable bonds is 7. The molecule has 38 heavy (non-hydrogen) atoms. The van der Waals surface area contributed by atoms with Crippen LogP contribution in [-0.2, 0) is 11.9 Å². The number of thioether (sulfide) groups is 1. The Hall–Kier alpha value is -4.02. The Morgan fingerprint density at radius 3 is 2.42 bits per heavy atom. The molecule has 192 valence electrons. The van der Waals surface area contributed by atoms with Gasteiger partial charge in [0.25, 0.3) is 5.91 Å². The van der Waals surface area contributed by atoms with Crippen LogP contribution in [0.5, 0.6) is 0 Å². The van der Waals surface area contributed by atoms with Crippen molar-refractivity contribution in [3.8, 4) is 17.3 Å². The lowest BCUT2D eigenvalue weighted by Crippen LogP contribution is -2.13. The van der Waals surface area contributed by atoms with E-state index in [9.17, 15) is 18.0 Å². The predicted octanol–water partition coefficient (Wildman–Crippen LogP) is 7.74. The molecule has 0 saturated carbocycles. The highest BCUT2D eigenvalue weighted by molar-refractivity contribution is 7.98. The summed E-state index contributed by atoms with van der Waals surface area (Å²) in [4.78, 5) is 12.6. The van der Waals surface area contributed by atoms with Crippen LogP contribution in [0.4, 0.5) is 18.9 Å². The fourth-order valence-corrected chi connectivity index (χ4v) is 4.70. The zero-order valence-corrected chi connectivity index (χ0v) is 21.0. The predicted molar refractivity (Wildman–Crippen MR) is 139 cm³/mol. The third kappa shape index (κ3) is 5.61. The lowest BCUT2D eigenvalue weighted by Gasteiger charge is -2.12. The minimum atomic E-state index is -4.55. The molecule has 6 nitrogen and oxygen atoms in total. The van der Waals surface area contributed by atoms with Crippen molar-refractivity contribution in [2.45, 2.75) is 17.1 Å². The molecule has 0 bridgehead atoms. The molecule has 11 heteroatoms. The Labute approximate surface area is 224 Å². The van der Waals surface area contributed by atoms with Crippen molar-refractivity contribution >= 4 is 35.0 Å². The molecule has 1 amide bonds. The van der Waals surface area contributed by atoms with Gasteiger partial charge in [-0.25, -0.2) is 0 Å². The molecule has 1 N–H and O–H groups in total. The van der Waals surface area contributed by atoms with Crippen molar-refractivity contribution in [2.75, 3.05) is 5.32 Å². The van der Waals surface area contributed by atoms with Gasteiger partial charge in [-0.15, -0.1) is 10.2 Å². The van der Waals surface area contributed by atoms with Crippen LogP contribution in [0, 0.1) is 0 Å². The van der Waals surface area contributed by atoms with Gasteiger partial charge in [0.2, 0.25) is 5.82 Å². The lowest BCUT2D eigenvalue weighted by molar-refractivity contribution is -0.137. The summed E-state index contributed by atoms with van der Waals surface area (Å²) in [6, 6.07) is 22.8. The maximum atomic E-state index is 13.0. The van der Waals surface area contributed by atoms with E-state index in [1.807, 2.05) is 41.0 Å². The molecular weight excluding hydrogens is 537 g/mol. The van der Waals surface area contributed by atoms with Crippen molar-refractivity contribution < 1.29 is 22.4 Å². The van der Waals surface area contributed by atoms with Gasteiger partial charge in [0, 0.05) is 17.0 Å². The Morgan fingerprint density at radius 2 is 1.74 bits per heavy atom. The summed E-state index contributed by atoms with van der Waals surface area (Å²) in [7, 11) is 0. The number of alkyl halides is 3. The van der Waals surface area contributed by atoms with E-state index < -0.39 is 17.6 Å². The molecular formula is C27H18ClF3N4O2S. The van der Waals surface area contributed by atoms with Crippen LogP contribution in [-0.4, -0.2) is 20.7 Å². The lowest BCUT2D eigenvalue weighted by atomic mass is 10.1. The van der Waals surface area contributed by atoms with Gasteiger partial charge in [0.15, 0.2) is 10.9 Å². The first-order valence-corrected chi connectivity index (χ1v) is 12.6. The second-order valence-corrected chi connectivity index (χ2v) is 9.44. The molecule has 0 fully saturated rings. The van der Waals surface area contributed by atoms with Gasteiger partial charge >= 0.3 is 6.18 Å². The smallest absolute Gasteiger partial charge is 0.416 e. The second-order valence-electron chi connectivity index (χ2n) is 8.09. The van der Waals surface area contributed by atoms with Crippen LogP contribution >= 0.6 is 23.4 Å². The van der Waals surface area contributed by atoms with E-state index in [4.69, 9.17) is 16.0 Å². The molecule has 5 rings (SSSR count). The maximum Gasteiger partial charge on any atom is 0.416 e. The van der Waals surface area contributed by atoms with E-state index in [0.717, 1.165) is 29.4 Å². The molecule has 0 saturated heterocycles. The molecule has 0 aliphatic carbocycles. The van der Waals surface area contributed by atoms with Crippen LogP contribution in [0.15, 0.2) is 101 Å². The first kappa shape index (κ1) is 25.6. The van der Waals surface area contributed by atoms with Gasteiger partial charge in [-0.3, -0.25) is 9.36 Å². The molecule has 2 heterocycles. The van der Waals surface area contributed by atoms with E-state index in [0.29, 0.717) is 22.5 Å². The zero-order chi connectivity index (χ0) is 26.7. The summed E-state index contributed by atoms with van der Waals surface area (Å²) in [5.41, 5.74) is 1.05. The second kappa shape index (κ2) is 10.8. The number of furan rings is 1. The Kier molecular flexibility index (Phi) is 7.26. The van der Waals surface area contributed by atoms with Gasteiger partial charge in [-0.05, 0) is 60.2 Å². The number of benzene rings is 3. The van der Waals surface area contributed by atoms with Crippen LogP contribution < -0.4 is 5.32 Å². The average molecular weight is 555 g/mol. The number of carbonyl (C=O) groups is 1. The van der Waals surface area contributed by atoms with Crippen molar-refractivity contribution in [2.24, 2.45) is 0 Å². The largest absolute Gasteiger partial charge is 0.461 e. The van der Waals surface area contributed by atoms with Crippen LogP contribution in [0.1, 0.15) is 21.5 Å². The first-order valence-electron chi connectivity index (χ1n) is 11.2. The number of nitrogens with one attached hydrogen (secondary N) is 1. The summed E-state index contributed by atoms with van der Waals surface area (Å²) < 4.78 is 46.5. The quantitative estimate of drug-likeness (QED) is 0.208. The number of carbonyl (C=O) groups excluding carboxylic acids is 1. The summed E-state index contributed by atoms with van der Waals surface area (Å²) >= 11 is 7.45. The molecule has 0 unspecified atom stereocenters. The molecule has 0 radical (unpaired) electrons. The standard InChI is InChI=1S/C27H18ClF3N4O2S/c28-21-13-12-19(27(29,30)31)15-22(21)32-25(36)18-10-8-17(9-11-18)16-38-26-34-33-24(23-7-4-14-37-23)35(26)20-5-2-1-3-6-20/h1-15H,16H2,(H,32,36). The van der Waals surface area contributed by atoms with E-state index >= 15 is 0 Å². The van der Waals surface area contributed by atoms with E-state index in [-0.39, 0.29) is 16.3 Å². The molecule has 0 aliphatic rings. The fourth-order valence-electron chi connectivity index (χ4n) is 3.63. The summed E-state index contributed by atoms with van der Waals surface area (Å²) in [6.07, 6.45) is -2.97. The highest BCUT2D eigenvalue weighted by Crippen LogP contribution is 2.34. The number of para-hydroxylation sites is 1. The number of aromatic nitrogens is 3. The Morgan fingerprint density at radius 1 is 0.974 bits per heavy atom. The number of halogens is 4. The molecule has 3 aromatic carbocycles. The zero-order valence-electron chi connectivity index (χ0n) is 19.4. The van der Waals surface area contributed by atoms with Crippen LogP contribution in [0.2, 0.25) is 5.02 Å². The van der Waals surface area contributed by atoms with Gasteiger partial charge in [-0.1, -0.05) is 53.7 Å². The van der Waals surface area contributed by atoms with Crippen molar-refractivity contribution in [3.63, 3.8) is 0 Å². The number of nitrogens with zero attached hydrogens (tertiary/aromatic N) is 3. The maximum absolute atomic E-state index is 13.0. The fraction of sp³-hybridized carbons (Fsp3) is 0.0741. The molecule has 5 aromatic rings. The normalized spacial score (nSPS) is 11.5. The van der Waals surface area contributed by atoms with E-state index in [2.05, 4.69) is 15.5 Å². The Bertz CT molecular complexity index is 1550. The number of amides is 1. The van der Waals surface area contributed by atoms with Gasteiger partial charge in [0.1, 0.15) is 0 Å². The van der Waals surface area contributed by atoms with E-state index in [1.165, 1.54) is 11.8 Å². The minimum Gasteiger partial charge on any atom is -0.461 e. The highest BCUT2D eigenvalue weighted by Gasteiger charge is 2.31. The minimum absolute atomic E-state index is 0.0100. The molecule has 0 spiro atoms. The average Bonchev–Trinajstić information content (AvgIpc) is 3.59. The number of anilines is 1. The Balaban J connectivity index is 1.30. The van der Waals surface area contributed by atoms with E-state index in [1.54, 1.807) is 36.6 Å². The van der Waals surface area contributed by atoms with Crippen LogP contribution in [0.3, 0.4) is 0 Å². The summed E-state index contributed by atoms with van der Waals surface area (Å²) in [6.45, 7) is 0. The third-order valence-electron chi connectivity index (χ3n) is 5.52. The topological polar surface area (TPSA) is 73.0 Å². The van der Waals surface area contributed by atoms with Gasteiger partial charge in [-0.2, -0.15) is 13.2 Å². The molecule has 2 aromatic heterocycles. The van der Waals surface area contributed by atoms with Crippen molar-refractivity contribution in [3.05, 3.63) is 113 Å². The SMILES string of the molecule is O=C(Nc1cc(C(F)(F)F)ccc1Cl)c1ccc(CSc2nnc(-c3ccco3)n2-c2ccccc2)cc1. The molecule has 0 aliphatic heterocycles. The first-order chi connectivity index (χ1) is 18.3. The number of hydrogen-bond acceptors (Lipinski definition) is 5. The van der Waals surface area contributed by atoms with Crippen molar-refractivity contribution in [1.29, 1.82) is 0 Å². The monoisotopic (exact) mass is 554 g/mol. The molecule has 0 atom stereocenters. The summed E-state index contributed by atoms with van der Waals surface area (Å²) in [5, 5.41) is 11.8. The van der Waals surface area contributed by atoms with Gasteiger partial charge < -0.3 is 9.73 Å². The summed E-state index contributed by atoms with van der Waals surface area (Å²) in [5.74, 6) is 1.12.